The summed E-state index contributed by atoms with van der Waals surface area (Å²) in [6.45, 7) is 0. The Balaban J connectivity index is 1.67. The summed E-state index contributed by atoms with van der Waals surface area (Å²) >= 11 is 0. The Bertz CT molecular complexity index is 691. The van der Waals surface area contributed by atoms with Crippen LogP contribution in [0.3, 0.4) is 0 Å². The van der Waals surface area contributed by atoms with Crippen LogP contribution in [0.25, 0.3) is 0 Å². The summed E-state index contributed by atoms with van der Waals surface area (Å²) < 4.78 is 5.32. The predicted molar refractivity (Wildman–Crippen MR) is 72.0 cm³/mol. The topological polar surface area (TPSA) is 105 Å². The van der Waals surface area contributed by atoms with E-state index in [2.05, 4.69) is 15.5 Å². The number of carboxylic acids is 1. The summed E-state index contributed by atoms with van der Waals surface area (Å²) in [7, 11) is 0. The predicted octanol–water partition coefficient (Wildman–Crippen LogP) is 1.83. The van der Waals surface area contributed by atoms with E-state index in [-0.39, 0.29) is 18.0 Å². The summed E-state index contributed by atoms with van der Waals surface area (Å²) in [5, 5.41) is 19.2. The van der Waals surface area contributed by atoms with Crippen LogP contribution < -0.4 is 5.32 Å². The molecule has 1 fully saturated rings. The molecule has 1 saturated carbocycles. The van der Waals surface area contributed by atoms with Crippen molar-refractivity contribution in [3.63, 3.8) is 0 Å². The average molecular weight is 287 g/mol. The highest BCUT2D eigenvalue weighted by molar-refractivity contribution is 5.94. The summed E-state index contributed by atoms with van der Waals surface area (Å²) in [6, 6.07) is 6.42. The maximum Gasteiger partial charge on any atom is 0.335 e. The van der Waals surface area contributed by atoms with Gasteiger partial charge in [0, 0.05) is 5.92 Å². The largest absolute Gasteiger partial charge is 0.478 e. The van der Waals surface area contributed by atoms with E-state index in [1.165, 1.54) is 6.07 Å². The first-order valence-electron chi connectivity index (χ1n) is 6.58. The van der Waals surface area contributed by atoms with Crippen molar-refractivity contribution in [1.29, 1.82) is 0 Å². The fourth-order valence-corrected chi connectivity index (χ4v) is 2.00. The number of benzene rings is 1. The second-order valence-corrected chi connectivity index (χ2v) is 4.91. The van der Waals surface area contributed by atoms with Gasteiger partial charge in [-0.15, -0.1) is 5.10 Å². The third-order valence-corrected chi connectivity index (χ3v) is 3.21. The summed E-state index contributed by atoms with van der Waals surface area (Å²) in [5.74, 6) is -0.603. The first-order chi connectivity index (χ1) is 10.1. The molecule has 108 valence electrons. The van der Waals surface area contributed by atoms with Crippen molar-refractivity contribution in [2.45, 2.75) is 25.2 Å². The molecular weight excluding hydrogens is 274 g/mol. The zero-order valence-electron chi connectivity index (χ0n) is 11.1. The van der Waals surface area contributed by atoms with Crippen LogP contribution in [0.15, 0.2) is 28.7 Å². The van der Waals surface area contributed by atoms with Gasteiger partial charge in [-0.05, 0) is 24.5 Å². The molecule has 1 aliphatic rings. The number of anilines is 1. The molecule has 2 aromatic rings. The van der Waals surface area contributed by atoms with Gasteiger partial charge < -0.3 is 9.52 Å². The van der Waals surface area contributed by atoms with E-state index in [0.717, 1.165) is 12.8 Å². The number of hydrogen-bond acceptors (Lipinski definition) is 5. The summed E-state index contributed by atoms with van der Waals surface area (Å²) in [6.07, 6.45) is 1.99. The van der Waals surface area contributed by atoms with Crippen LogP contribution in [0, 0.1) is 0 Å². The summed E-state index contributed by atoms with van der Waals surface area (Å²) in [4.78, 5) is 23.0. The number of aromatic nitrogens is 2. The molecule has 0 spiro atoms. The lowest BCUT2D eigenvalue weighted by atomic mass is 10.0. The van der Waals surface area contributed by atoms with Crippen molar-refractivity contribution in [2.75, 3.05) is 5.32 Å². The van der Waals surface area contributed by atoms with Crippen LogP contribution in [0.2, 0.25) is 0 Å². The minimum absolute atomic E-state index is 0.0507. The number of carboxylic acid groups (broad SMARTS) is 1. The monoisotopic (exact) mass is 287 g/mol. The van der Waals surface area contributed by atoms with E-state index in [1.54, 1.807) is 18.2 Å². The lowest BCUT2D eigenvalue weighted by Gasteiger charge is -2.04. The zero-order valence-corrected chi connectivity index (χ0v) is 11.1. The number of hydrogen-bond donors (Lipinski definition) is 2. The molecule has 0 bridgehead atoms. The van der Waals surface area contributed by atoms with Gasteiger partial charge in [-0.25, -0.2) is 4.79 Å². The second-order valence-electron chi connectivity index (χ2n) is 4.91. The van der Waals surface area contributed by atoms with E-state index < -0.39 is 11.9 Å². The molecule has 1 aromatic carbocycles. The third-order valence-electron chi connectivity index (χ3n) is 3.21. The van der Waals surface area contributed by atoms with Gasteiger partial charge in [-0.2, -0.15) is 0 Å². The van der Waals surface area contributed by atoms with Crippen LogP contribution in [0.1, 0.15) is 40.6 Å². The van der Waals surface area contributed by atoms with Gasteiger partial charge in [0.1, 0.15) is 0 Å². The van der Waals surface area contributed by atoms with E-state index in [0.29, 0.717) is 17.4 Å². The molecule has 0 atom stereocenters. The Morgan fingerprint density at radius 2 is 2.05 bits per heavy atom. The van der Waals surface area contributed by atoms with Crippen LogP contribution in [0.5, 0.6) is 0 Å². The molecule has 7 heteroatoms. The van der Waals surface area contributed by atoms with Gasteiger partial charge in [0.2, 0.25) is 11.8 Å². The number of nitrogens with zero attached hydrogens (tertiary/aromatic N) is 2. The molecule has 2 N–H and O–H groups in total. The molecule has 1 aliphatic carbocycles. The van der Waals surface area contributed by atoms with Crippen molar-refractivity contribution in [2.24, 2.45) is 0 Å². The number of carbonyl (C=O) groups excluding carboxylic acids is 1. The Morgan fingerprint density at radius 1 is 1.29 bits per heavy atom. The van der Waals surface area contributed by atoms with E-state index >= 15 is 0 Å². The van der Waals surface area contributed by atoms with Gasteiger partial charge in [0.05, 0.1) is 12.0 Å². The molecule has 0 aliphatic heterocycles. The molecule has 1 heterocycles. The first kappa shape index (κ1) is 13.3. The highest BCUT2D eigenvalue weighted by Gasteiger charge is 2.29. The fourth-order valence-electron chi connectivity index (χ4n) is 2.00. The van der Waals surface area contributed by atoms with Crippen LogP contribution in [0.4, 0.5) is 6.01 Å². The zero-order chi connectivity index (χ0) is 14.8. The van der Waals surface area contributed by atoms with Crippen molar-refractivity contribution in [1.82, 2.24) is 10.2 Å². The third kappa shape index (κ3) is 3.07. The SMILES string of the molecule is O=C(Cc1ccccc1C(=O)O)Nc1nnc(C2CC2)o1. The van der Waals surface area contributed by atoms with Crippen molar-refractivity contribution >= 4 is 17.9 Å². The normalized spacial score (nSPS) is 13.9. The van der Waals surface area contributed by atoms with E-state index in [9.17, 15) is 9.59 Å². The van der Waals surface area contributed by atoms with Gasteiger partial charge in [0.25, 0.3) is 0 Å². The molecule has 7 nitrogen and oxygen atoms in total. The second kappa shape index (κ2) is 5.35. The minimum Gasteiger partial charge on any atom is -0.478 e. The molecule has 0 unspecified atom stereocenters. The first-order valence-corrected chi connectivity index (χ1v) is 6.58. The molecule has 1 aromatic heterocycles. The molecule has 0 saturated heterocycles. The highest BCUT2D eigenvalue weighted by atomic mass is 16.4. The van der Waals surface area contributed by atoms with Gasteiger partial charge in [0.15, 0.2) is 0 Å². The maximum absolute atomic E-state index is 11.9. The molecular formula is C14H13N3O4. The van der Waals surface area contributed by atoms with Crippen molar-refractivity contribution in [3.05, 3.63) is 41.3 Å². The van der Waals surface area contributed by atoms with E-state index in [4.69, 9.17) is 9.52 Å². The maximum atomic E-state index is 11.9. The van der Waals surface area contributed by atoms with Crippen molar-refractivity contribution in [3.8, 4) is 0 Å². The van der Waals surface area contributed by atoms with E-state index in [1.807, 2.05) is 0 Å². The Hall–Kier alpha value is -2.70. The fraction of sp³-hybridized carbons (Fsp3) is 0.286. The number of nitrogens with one attached hydrogen (secondary N) is 1. The van der Waals surface area contributed by atoms with Gasteiger partial charge >= 0.3 is 12.0 Å². The number of carbonyl (C=O) groups is 2. The van der Waals surface area contributed by atoms with Crippen LogP contribution >= 0.6 is 0 Å². The highest BCUT2D eigenvalue weighted by Crippen LogP contribution is 2.39. The average Bonchev–Trinajstić information content (AvgIpc) is 3.20. The van der Waals surface area contributed by atoms with Crippen LogP contribution in [-0.4, -0.2) is 27.2 Å². The molecule has 1 amide bonds. The Labute approximate surface area is 120 Å². The standard InChI is InChI=1S/C14H13N3O4/c18-11(7-9-3-1-2-4-10(9)13(19)20)15-14-17-16-12(21-14)8-5-6-8/h1-4,8H,5-7H2,(H,19,20)(H,15,17,18). The molecule has 21 heavy (non-hydrogen) atoms. The van der Waals surface area contributed by atoms with Gasteiger partial charge in [-0.1, -0.05) is 23.3 Å². The Morgan fingerprint density at radius 3 is 2.76 bits per heavy atom. The lowest BCUT2D eigenvalue weighted by molar-refractivity contribution is -0.115. The van der Waals surface area contributed by atoms with Gasteiger partial charge in [-0.3, -0.25) is 10.1 Å². The smallest absolute Gasteiger partial charge is 0.335 e. The van der Waals surface area contributed by atoms with Crippen molar-refractivity contribution < 1.29 is 19.1 Å². The quantitative estimate of drug-likeness (QED) is 0.869. The molecule has 3 rings (SSSR count). The Kier molecular flexibility index (Phi) is 3.39. The molecule has 0 radical (unpaired) electrons. The summed E-state index contributed by atoms with van der Waals surface area (Å²) in [5.41, 5.74) is 0.543. The van der Waals surface area contributed by atoms with Crippen LogP contribution in [-0.2, 0) is 11.2 Å². The number of aromatic carboxylic acids is 1. The number of amides is 1. The minimum atomic E-state index is -1.06. The number of rotatable bonds is 5. The lowest BCUT2D eigenvalue weighted by Crippen LogP contribution is -2.16.